The summed E-state index contributed by atoms with van der Waals surface area (Å²) in [6, 6.07) is 6.95. The molecular weight excluding hydrogens is 348 g/mol. The van der Waals surface area contributed by atoms with Crippen molar-refractivity contribution in [3.63, 3.8) is 0 Å². The molecule has 1 aromatic rings. The molecule has 2 saturated heterocycles. The van der Waals surface area contributed by atoms with E-state index in [4.69, 9.17) is 9.47 Å². The Hall–Kier alpha value is -2.41. The maximum absolute atomic E-state index is 12.8. The molecule has 2 amide bonds. The Bertz CT molecular complexity index is 784. The van der Waals surface area contributed by atoms with Gasteiger partial charge in [0.1, 0.15) is 6.10 Å². The maximum Gasteiger partial charge on any atom is 0.310 e. The number of nitrogens with zero attached hydrogens (tertiary/aromatic N) is 1. The predicted octanol–water partition coefficient (Wildman–Crippen LogP) is 1.30. The van der Waals surface area contributed by atoms with E-state index in [1.54, 1.807) is 29.2 Å². The predicted molar refractivity (Wildman–Crippen MR) is 94.9 cm³/mol. The summed E-state index contributed by atoms with van der Waals surface area (Å²) >= 11 is 0. The highest BCUT2D eigenvalue weighted by Gasteiger charge is 2.63. The van der Waals surface area contributed by atoms with Gasteiger partial charge in [-0.1, -0.05) is 0 Å². The fourth-order valence-electron chi connectivity index (χ4n) is 5.23. The van der Waals surface area contributed by atoms with Gasteiger partial charge in [-0.25, -0.2) is 0 Å². The Balaban J connectivity index is 1.25. The van der Waals surface area contributed by atoms with Gasteiger partial charge in [0, 0.05) is 30.3 Å². The number of benzene rings is 1. The molecule has 142 valence electrons. The molecule has 2 saturated carbocycles. The van der Waals surface area contributed by atoms with E-state index in [0.717, 1.165) is 12.8 Å². The van der Waals surface area contributed by atoms with Crippen molar-refractivity contribution in [1.29, 1.82) is 0 Å². The Morgan fingerprint density at radius 1 is 1.07 bits per heavy atom. The molecule has 0 unspecified atom stereocenters. The van der Waals surface area contributed by atoms with Crippen LogP contribution in [0, 0.1) is 23.7 Å². The largest absolute Gasteiger partial charge is 0.462 e. The maximum atomic E-state index is 12.8. The minimum Gasteiger partial charge on any atom is -0.462 e. The smallest absolute Gasteiger partial charge is 0.310 e. The Kier molecular flexibility index (Phi) is 3.93. The van der Waals surface area contributed by atoms with Gasteiger partial charge in [-0.2, -0.15) is 0 Å². The first-order chi connectivity index (χ1) is 13.1. The standard InChI is InChI=1S/C20H22N2O5/c23-18(16-12-9-14-15(10-12)27-20(25)17(14)16)21-13-3-1-11(2-4-13)19(24)22-5-7-26-8-6-22/h1-4,12,14-17H,5-10H2,(H,21,23)/t12-,14-,15+,16-,17-/m0/s1. The fourth-order valence-corrected chi connectivity index (χ4v) is 5.23. The van der Waals surface area contributed by atoms with E-state index >= 15 is 0 Å². The molecule has 5 atom stereocenters. The SMILES string of the molecule is O=C(Nc1ccc(C(=O)N2CCOCC2)cc1)[C@H]1[C@H]2C[C@@H]3[C@@H]1C(=O)O[C@@H]3C2. The van der Waals surface area contributed by atoms with Crippen LogP contribution in [0.2, 0.25) is 0 Å². The summed E-state index contributed by atoms with van der Waals surface area (Å²) < 4.78 is 10.7. The molecule has 1 aromatic carbocycles. The molecule has 2 aliphatic heterocycles. The first-order valence-corrected chi connectivity index (χ1v) is 9.60. The molecule has 0 spiro atoms. The number of amides is 2. The van der Waals surface area contributed by atoms with Crippen molar-refractivity contribution in [1.82, 2.24) is 4.90 Å². The highest BCUT2D eigenvalue weighted by atomic mass is 16.6. The molecule has 27 heavy (non-hydrogen) atoms. The van der Waals surface area contributed by atoms with Gasteiger partial charge in [0.2, 0.25) is 5.91 Å². The van der Waals surface area contributed by atoms with Crippen LogP contribution in [0.3, 0.4) is 0 Å². The summed E-state index contributed by atoms with van der Waals surface area (Å²) in [6.45, 7) is 2.32. The molecule has 2 heterocycles. The molecule has 4 fully saturated rings. The second-order valence-electron chi connectivity index (χ2n) is 7.89. The van der Waals surface area contributed by atoms with Gasteiger partial charge in [0.05, 0.1) is 25.0 Å². The normalized spacial score (nSPS) is 33.9. The number of hydrogen-bond acceptors (Lipinski definition) is 5. The average Bonchev–Trinajstić information content (AvgIpc) is 3.31. The average molecular weight is 370 g/mol. The lowest BCUT2D eigenvalue weighted by Gasteiger charge is -2.27. The molecule has 2 bridgehead atoms. The molecule has 5 rings (SSSR count). The van der Waals surface area contributed by atoms with Crippen LogP contribution in [0.25, 0.3) is 0 Å². The molecule has 7 heteroatoms. The molecule has 0 radical (unpaired) electrons. The first-order valence-electron chi connectivity index (χ1n) is 9.60. The van der Waals surface area contributed by atoms with Gasteiger partial charge in [0.25, 0.3) is 5.91 Å². The minimum atomic E-state index is -0.295. The van der Waals surface area contributed by atoms with Crippen LogP contribution in [-0.2, 0) is 19.1 Å². The van der Waals surface area contributed by atoms with Crippen molar-refractivity contribution in [3.8, 4) is 0 Å². The summed E-state index contributed by atoms with van der Waals surface area (Å²) in [6.07, 6.45) is 1.74. The number of nitrogens with one attached hydrogen (secondary N) is 1. The van der Waals surface area contributed by atoms with Crippen molar-refractivity contribution in [2.45, 2.75) is 18.9 Å². The van der Waals surface area contributed by atoms with Crippen molar-refractivity contribution in [3.05, 3.63) is 29.8 Å². The number of ether oxygens (including phenoxy) is 2. The molecular formula is C20H22N2O5. The molecule has 0 aromatic heterocycles. The third-order valence-electron chi connectivity index (χ3n) is 6.48. The quantitative estimate of drug-likeness (QED) is 0.811. The van der Waals surface area contributed by atoms with Crippen molar-refractivity contribution >= 4 is 23.5 Å². The molecule has 4 aliphatic rings. The van der Waals surface area contributed by atoms with Crippen molar-refractivity contribution in [2.75, 3.05) is 31.6 Å². The van der Waals surface area contributed by atoms with E-state index in [1.807, 2.05) is 0 Å². The first kappa shape index (κ1) is 16.7. The summed E-state index contributed by atoms with van der Waals surface area (Å²) in [7, 11) is 0. The van der Waals surface area contributed by atoms with E-state index in [0.29, 0.717) is 37.6 Å². The number of carbonyl (C=O) groups excluding carboxylic acids is 3. The summed E-state index contributed by atoms with van der Waals surface area (Å²) in [4.78, 5) is 39.1. The highest BCUT2D eigenvalue weighted by Crippen LogP contribution is 2.57. The molecule has 2 aliphatic carbocycles. The number of rotatable bonds is 3. The van der Waals surface area contributed by atoms with E-state index in [1.165, 1.54) is 0 Å². The van der Waals surface area contributed by atoms with E-state index in [-0.39, 0.29) is 47.6 Å². The van der Waals surface area contributed by atoms with Crippen molar-refractivity contribution in [2.24, 2.45) is 23.7 Å². The Morgan fingerprint density at radius 2 is 1.81 bits per heavy atom. The van der Waals surface area contributed by atoms with Gasteiger partial charge in [-0.05, 0) is 43.0 Å². The van der Waals surface area contributed by atoms with Gasteiger partial charge in [-0.15, -0.1) is 0 Å². The van der Waals surface area contributed by atoms with Crippen LogP contribution < -0.4 is 5.32 Å². The van der Waals surface area contributed by atoms with Gasteiger partial charge in [0.15, 0.2) is 0 Å². The summed E-state index contributed by atoms with van der Waals surface area (Å²) in [5, 5.41) is 2.93. The number of esters is 1. The van der Waals surface area contributed by atoms with Crippen molar-refractivity contribution < 1.29 is 23.9 Å². The topological polar surface area (TPSA) is 84.9 Å². The number of anilines is 1. The molecule has 1 N–H and O–H groups in total. The van der Waals surface area contributed by atoms with E-state index in [2.05, 4.69) is 5.32 Å². The van der Waals surface area contributed by atoms with E-state index < -0.39 is 0 Å². The summed E-state index contributed by atoms with van der Waals surface area (Å²) in [5.74, 6) is -0.477. The van der Waals surface area contributed by atoms with Gasteiger partial charge in [-0.3, -0.25) is 14.4 Å². The van der Waals surface area contributed by atoms with Crippen LogP contribution in [0.1, 0.15) is 23.2 Å². The van der Waals surface area contributed by atoms with Crippen LogP contribution in [0.5, 0.6) is 0 Å². The van der Waals surface area contributed by atoms with Gasteiger partial charge < -0.3 is 19.7 Å². The number of fused-ring (bicyclic) bond motifs is 1. The zero-order valence-electron chi connectivity index (χ0n) is 14.9. The third-order valence-corrected chi connectivity index (χ3v) is 6.48. The van der Waals surface area contributed by atoms with Crippen LogP contribution >= 0.6 is 0 Å². The monoisotopic (exact) mass is 370 g/mol. The van der Waals surface area contributed by atoms with Crippen LogP contribution in [0.15, 0.2) is 24.3 Å². The third kappa shape index (κ3) is 2.72. The Morgan fingerprint density at radius 3 is 2.56 bits per heavy atom. The summed E-state index contributed by atoms with van der Waals surface area (Å²) in [5.41, 5.74) is 1.24. The van der Waals surface area contributed by atoms with Gasteiger partial charge >= 0.3 is 5.97 Å². The zero-order valence-corrected chi connectivity index (χ0v) is 14.9. The van der Waals surface area contributed by atoms with E-state index in [9.17, 15) is 14.4 Å². The second kappa shape index (κ2) is 6.34. The lowest BCUT2D eigenvalue weighted by Crippen LogP contribution is -2.40. The second-order valence-corrected chi connectivity index (χ2v) is 7.89. The number of hydrogen-bond donors (Lipinski definition) is 1. The lowest BCUT2D eigenvalue weighted by atomic mass is 9.79. The van der Waals surface area contributed by atoms with Crippen LogP contribution in [0.4, 0.5) is 5.69 Å². The highest BCUT2D eigenvalue weighted by molar-refractivity contribution is 5.98. The number of morpholine rings is 1. The van der Waals surface area contributed by atoms with Crippen LogP contribution in [-0.4, -0.2) is 55.1 Å². The lowest BCUT2D eigenvalue weighted by molar-refractivity contribution is -0.145. The zero-order chi connectivity index (χ0) is 18.5. The fraction of sp³-hybridized carbons (Fsp3) is 0.550. The number of carbonyl (C=O) groups is 3. The Labute approximate surface area is 157 Å². The minimum absolute atomic E-state index is 0.0241. The molecule has 7 nitrogen and oxygen atoms in total.